The van der Waals surface area contributed by atoms with E-state index >= 15 is 0 Å². The molecule has 10 heteroatoms. The number of methoxy groups -OCH3 is 1. The Balaban J connectivity index is 2.11. The van der Waals surface area contributed by atoms with Gasteiger partial charge in [0.25, 0.3) is 17.4 Å². The Morgan fingerprint density at radius 3 is 2.42 bits per heavy atom. The molecule has 1 saturated heterocycles. The number of nitrogens with zero attached hydrogens (tertiary/aromatic N) is 3. The Morgan fingerprint density at radius 1 is 1.21 bits per heavy atom. The summed E-state index contributed by atoms with van der Waals surface area (Å²) in [6, 6.07) is 8.14. The third kappa shape index (κ3) is 4.85. The van der Waals surface area contributed by atoms with E-state index in [2.05, 4.69) is 0 Å². The van der Waals surface area contributed by atoms with Crippen molar-refractivity contribution in [1.82, 2.24) is 9.80 Å². The number of hydrogen-bond acceptors (Lipinski definition) is 7. The Labute approximate surface area is 189 Å². The maximum absolute atomic E-state index is 14.2. The van der Waals surface area contributed by atoms with Gasteiger partial charge in [0, 0.05) is 24.2 Å². The molecule has 0 saturated carbocycles. The third-order valence-corrected chi connectivity index (χ3v) is 5.39. The van der Waals surface area contributed by atoms with Crippen molar-refractivity contribution < 1.29 is 28.7 Å². The van der Waals surface area contributed by atoms with Crippen LogP contribution < -0.4 is 4.74 Å². The summed E-state index contributed by atoms with van der Waals surface area (Å²) < 4.78 is 19.1. The fourth-order valence-electron chi connectivity index (χ4n) is 3.76. The summed E-state index contributed by atoms with van der Waals surface area (Å²) in [4.78, 5) is 39.6. The van der Waals surface area contributed by atoms with Crippen molar-refractivity contribution in [2.45, 2.75) is 12.5 Å². The quantitative estimate of drug-likeness (QED) is 0.213. The molecule has 1 aliphatic heterocycles. The Kier molecular flexibility index (Phi) is 7.07. The van der Waals surface area contributed by atoms with Gasteiger partial charge in [-0.25, -0.2) is 4.39 Å². The van der Waals surface area contributed by atoms with E-state index in [4.69, 9.17) is 4.74 Å². The van der Waals surface area contributed by atoms with Gasteiger partial charge < -0.3 is 19.6 Å². The molecule has 2 aromatic rings. The van der Waals surface area contributed by atoms with Crippen molar-refractivity contribution in [3.8, 4) is 5.75 Å². The number of likely N-dealkylation sites (tertiary alicyclic amines) is 1. The van der Waals surface area contributed by atoms with Gasteiger partial charge in [0.05, 0.1) is 23.6 Å². The fourth-order valence-corrected chi connectivity index (χ4v) is 3.76. The molecule has 1 fully saturated rings. The van der Waals surface area contributed by atoms with Crippen molar-refractivity contribution in [3.05, 3.63) is 75.1 Å². The van der Waals surface area contributed by atoms with E-state index in [1.54, 1.807) is 0 Å². The van der Waals surface area contributed by atoms with Crippen LogP contribution in [0, 0.1) is 15.9 Å². The Morgan fingerprint density at radius 2 is 1.88 bits per heavy atom. The van der Waals surface area contributed by atoms with Crippen molar-refractivity contribution in [1.29, 1.82) is 0 Å². The predicted molar refractivity (Wildman–Crippen MR) is 118 cm³/mol. The monoisotopic (exact) mass is 457 g/mol. The van der Waals surface area contributed by atoms with E-state index in [-0.39, 0.29) is 29.1 Å². The van der Waals surface area contributed by atoms with Gasteiger partial charge in [-0.05, 0) is 63.0 Å². The second-order valence-electron chi connectivity index (χ2n) is 7.85. The van der Waals surface area contributed by atoms with Crippen molar-refractivity contribution in [2.75, 3.05) is 34.3 Å². The highest BCUT2D eigenvalue weighted by atomic mass is 19.1. The molecule has 33 heavy (non-hydrogen) atoms. The molecule has 1 heterocycles. The first-order chi connectivity index (χ1) is 15.6. The molecule has 1 amide bonds. The van der Waals surface area contributed by atoms with Crippen LogP contribution in [0.15, 0.2) is 48.0 Å². The van der Waals surface area contributed by atoms with E-state index in [1.807, 2.05) is 19.0 Å². The van der Waals surface area contributed by atoms with Crippen molar-refractivity contribution >= 4 is 23.1 Å². The molecule has 3 rings (SSSR count). The number of carbonyl (C=O) groups excluding carboxylic acids is 2. The number of halogens is 1. The predicted octanol–water partition coefficient (Wildman–Crippen LogP) is 3.12. The average molecular weight is 457 g/mol. The molecule has 9 nitrogen and oxygen atoms in total. The number of ketones is 1. The van der Waals surface area contributed by atoms with Gasteiger partial charge in [-0.2, -0.15) is 0 Å². The van der Waals surface area contributed by atoms with Gasteiger partial charge in [-0.1, -0.05) is 0 Å². The fraction of sp³-hybridized carbons (Fsp3) is 0.304. The van der Waals surface area contributed by atoms with Gasteiger partial charge in [0.2, 0.25) is 0 Å². The van der Waals surface area contributed by atoms with Crippen LogP contribution in [0.1, 0.15) is 23.6 Å². The van der Waals surface area contributed by atoms with E-state index < -0.39 is 34.2 Å². The molecule has 2 aromatic carbocycles. The SMILES string of the molecule is COc1ccc(/C(O)=C2/C(=O)C(=O)N(CCCN(C)C)C2c2ccc([N+](=O)[O-])cc2)cc1F. The number of carbonyl (C=O) groups is 2. The van der Waals surface area contributed by atoms with Gasteiger partial charge in [0.15, 0.2) is 11.6 Å². The van der Waals surface area contributed by atoms with Crippen LogP contribution in [0.4, 0.5) is 10.1 Å². The van der Waals surface area contributed by atoms with Crippen molar-refractivity contribution in [2.24, 2.45) is 0 Å². The first-order valence-corrected chi connectivity index (χ1v) is 10.2. The summed E-state index contributed by atoms with van der Waals surface area (Å²) >= 11 is 0. The zero-order chi connectivity index (χ0) is 24.3. The minimum absolute atomic E-state index is 0.00602. The second-order valence-corrected chi connectivity index (χ2v) is 7.85. The van der Waals surface area contributed by atoms with Crippen LogP contribution in [0.3, 0.4) is 0 Å². The van der Waals surface area contributed by atoms with Gasteiger partial charge >= 0.3 is 0 Å². The topological polar surface area (TPSA) is 113 Å². The zero-order valence-electron chi connectivity index (χ0n) is 18.4. The number of nitro groups is 1. The lowest BCUT2D eigenvalue weighted by Crippen LogP contribution is -2.32. The molecule has 1 N–H and O–H groups in total. The van der Waals surface area contributed by atoms with E-state index in [9.17, 15) is 29.2 Å². The Bertz CT molecular complexity index is 1110. The lowest BCUT2D eigenvalue weighted by atomic mass is 9.95. The largest absolute Gasteiger partial charge is 0.507 e. The number of aliphatic hydroxyl groups is 1. The number of nitro benzene ring substituents is 1. The zero-order valence-corrected chi connectivity index (χ0v) is 18.4. The first-order valence-electron chi connectivity index (χ1n) is 10.2. The van der Waals surface area contributed by atoms with Crippen LogP contribution in [-0.2, 0) is 9.59 Å². The molecule has 1 unspecified atom stereocenters. The van der Waals surface area contributed by atoms with Gasteiger partial charge in [-0.3, -0.25) is 19.7 Å². The Hall–Kier alpha value is -3.79. The highest BCUT2D eigenvalue weighted by Crippen LogP contribution is 2.40. The molecular formula is C23H24FN3O6. The smallest absolute Gasteiger partial charge is 0.295 e. The molecule has 0 radical (unpaired) electrons. The maximum Gasteiger partial charge on any atom is 0.295 e. The van der Waals surface area contributed by atoms with Crippen LogP contribution in [0.5, 0.6) is 5.75 Å². The molecule has 1 atom stereocenters. The first kappa shape index (κ1) is 23.9. The number of hydrogen-bond donors (Lipinski definition) is 1. The minimum atomic E-state index is -0.974. The van der Waals surface area contributed by atoms with Gasteiger partial charge in [-0.15, -0.1) is 0 Å². The lowest BCUT2D eigenvalue weighted by molar-refractivity contribution is -0.384. The molecule has 174 valence electrons. The number of amides is 1. The summed E-state index contributed by atoms with van der Waals surface area (Å²) in [5.41, 5.74) is 0.0653. The van der Waals surface area contributed by atoms with Crippen molar-refractivity contribution in [3.63, 3.8) is 0 Å². The number of aliphatic hydroxyl groups excluding tert-OH is 1. The van der Waals surface area contributed by atoms with E-state index in [0.29, 0.717) is 18.5 Å². The number of rotatable bonds is 8. The lowest BCUT2D eigenvalue weighted by Gasteiger charge is -2.26. The van der Waals surface area contributed by atoms with Crippen LogP contribution >= 0.6 is 0 Å². The molecule has 0 aromatic heterocycles. The highest BCUT2D eigenvalue weighted by Gasteiger charge is 2.45. The minimum Gasteiger partial charge on any atom is -0.507 e. The standard InChI is InChI=1S/C23H24FN3O6/c1-25(2)11-4-12-26-20(14-5-8-16(9-6-14)27(31)32)19(22(29)23(26)30)21(28)15-7-10-18(33-3)17(24)13-15/h5-10,13,20,28H,4,11-12H2,1-3H3/b21-19-. The maximum atomic E-state index is 14.2. The van der Waals surface area contributed by atoms with E-state index in [1.165, 1.54) is 48.4 Å². The highest BCUT2D eigenvalue weighted by molar-refractivity contribution is 6.46. The summed E-state index contributed by atoms with van der Waals surface area (Å²) in [6.07, 6.45) is 0.556. The molecule has 1 aliphatic rings. The van der Waals surface area contributed by atoms with Crippen LogP contribution in [0.25, 0.3) is 5.76 Å². The molecule has 0 aliphatic carbocycles. The number of benzene rings is 2. The summed E-state index contributed by atoms with van der Waals surface area (Å²) in [7, 11) is 5.05. The summed E-state index contributed by atoms with van der Waals surface area (Å²) in [5, 5.41) is 22.0. The average Bonchev–Trinajstić information content (AvgIpc) is 3.03. The van der Waals surface area contributed by atoms with E-state index in [0.717, 1.165) is 6.07 Å². The number of non-ortho nitro benzene ring substituents is 1. The number of ether oxygens (including phenoxy) is 1. The third-order valence-electron chi connectivity index (χ3n) is 5.39. The molecule has 0 bridgehead atoms. The molecular weight excluding hydrogens is 433 g/mol. The number of Topliss-reactive ketones (excluding diaryl/α,β-unsaturated/α-hetero) is 1. The second kappa shape index (κ2) is 9.78. The van der Waals surface area contributed by atoms with Crippen LogP contribution in [0.2, 0.25) is 0 Å². The molecule has 0 spiro atoms. The van der Waals surface area contributed by atoms with Crippen LogP contribution in [-0.4, -0.2) is 65.8 Å². The summed E-state index contributed by atoms with van der Waals surface area (Å²) in [5.74, 6) is -3.02. The van der Waals surface area contributed by atoms with Gasteiger partial charge in [0.1, 0.15) is 5.76 Å². The summed E-state index contributed by atoms with van der Waals surface area (Å²) in [6.45, 7) is 0.873. The normalized spacial score (nSPS) is 17.6.